The van der Waals surface area contributed by atoms with Crippen molar-refractivity contribution in [2.45, 2.75) is 18.5 Å². The maximum atomic E-state index is 13.0. The van der Waals surface area contributed by atoms with Crippen LogP contribution in [0.25, 0.3) is 0 Å². The van der Waals surface area contributed by atoms with Gasteiger partial charge >= 0.3 is 0 Å². The minimum absolute atomic E-state index is 0.0189. The molecule has 0 bridgehead atoms. The Morgan fingerprint density at radius 2 is 2.11 bits per heavy atom. The van der Waals surface area contributed by atoms with Crippen LogP contribution in [0.4, 0.5) is 8.78 Å². The van der Waals surface area contributed by atoms with Crippen molar-refractivity contribution in [3.8, 4) is 0 Å². The third kappa shape index (κ3) is 2.80. The zero-order valence-electron chi connectivity index (χ0n) is 9.09. The minimum atomic E-state index is -1.06. The second-order valence-corrected chi connectivity index (χ2v) is 3.85. The third-order valence-corrected chi connectivity index (χ3v) is 2.52. The lowest BCUT2D eigenvalue weighted by Crippen LogP contribution is -2.12. The van der Waals surface area contributed by atoms with E-state index in [1.807, 2.05) is 0 Å². The Morgan fingerprint density at radius 3 is 2.72 bits per heavy atom. The van der Waals surface area contributed by atoms with Gasteiger partial charge in [-0.2, -0.15) is 4.80 Å². The van der Waals surface area contributed by atoms with Gasteiger partial charge in [0, 0.05) is 0 Å². The minimum Gasteiger partial charge on any atom is -0.386 e. The lowest BCUT2D eigenvalue weighted by molar-refractivity contribution is 0.144. The molecule has 0 aliphatic heterocycles. The Bertz CT molecular complexity index is 548. The first kappa shape index (κ1) is 12.8. The highest BCUT2D eigenvalue weighted by molar-refractivity contribution is 6.16. The van der Waals surface area contributed by atoms with Gasteiger partial charge in [0.2, 0.25) is 0 Å². The summed E-state index contributed by atoms with van der Waals surface area (Å²) >= 11 is 5.50. The molecule has 1 heterocycles. The zero-order chi connectivity index (χ0) is 13.1. The largest absolute Gasteiger partial charge is 0.386 e. The Kier molecular flexibility index (Phi) is 3.83. The SMILES string of the molecule is O[C@@H](Cn1nnc(CCl)n1)c1ccc(F)c(F)c1. The lowest BCUT2D eigenvalue weighted by Gasteiger charge is -2.09. The van der Waals surface area contributed by atoms with Crippen LogP contribution >= 0.6 is 11.6 Å². The van der Waals surface area contributed by atoms with Crippen molar-refractivity contribution >= 4 is 11.6 Å². The van der Waals surface area contributed by atoms with Crippen LogP contribution in [0.15, 0.2) is 18.2 Å². The molecule has 0 saturated carbocycles. The van der Waals surface area contributed by atoms with E-state index in [4.69, 9.17) is 11.6 Å². The van der Waals surface area contributed by atoms with Crippen molar-refractivity contribution < 1.29 is 13.9 Å². The molecule has 18 heavy (non-hydrogen) atoms. The monoisotopic (exact) mass is 274 g/mol. The van der Waals surface area contributed by atoms with Crippen LogP contribution in [0, 0.1) is 11.6 Å². The van der Waals surface area contributed by atoms with Crippen LogP contribution < -0.4 is 0 Å². The number of halogens is 3. The van der Waals surface area contributed by atoms with Gasteiger partial charge in [-0.15, -0.1) is 21.8 Å². The van der Waals surface area contributed by atoms with E-state index in [2.05, 4.69) is 15.4 Å². The molecule has 5 nitrogen and oxygen atoms in total. The fraction of sp³-hybridized carbons (Fsp3) is 0.300. The zero-order valence-corrected chi connectivity index (χ0v) is 9.85. The van der Waals surface area contributed by atoms with Crippen LogP contribution in [0.2, 0.25) is 0 Å². The molecular weight excluding hydrogens is 266 g/mol. The second kappa shape index (κ2) is 5.36. The van der Waals surface area contributed by atoms with Crippen LogP contribution in [0.1, 0.15) is 17.5 Å². The number of aliphatic hydroxyl groups excluding tert-OH is 1. The molecule has 0 aliphatic rings. The number of hydrogen-bond acceptors (Lipinski definition) is 4. The molecule has 0 unspecified atom stereocenters. The molecule has 2 aromatic rings. The smallest absolute Gasteiger partial charge is 0.189 e. The van der Waals surface area contributed by atoms with Crippen molar-refractivity contribution in [2.24, 2.45) is 0 Å². The molecule has 0 fully saturated rings. The van der Waals surface area contributed by atoms with Gasteiger partial charge < -0.3 is 5.11 Å². The lowest BCUT2D eigenvalue weighted by atomic mass is 10.1. The molecule has 0 spiro atoms. The molecule has 1 aromatic carbocycles. The number of tetrazole rings is 1. The van der Waals surface area contributed by atoms with Crippen LogP contribution in [-0.4, -0.2) is 25.3 Å². The summed E-state index contributed by atoms with van der Waals surface area (Å²) in [4.78, 5) is 1.14. The first-order valence-corrected chi connectivity index (χ1v) is 5.59. The predicted molar refractivity (Wildman–Crippen MR) is 58.7 cm³/mol. The molecule has 1 atom stereocenters. The van der Waals surface area contributed by atoms with Gasteiger partial charge in [-0.3, -0.25) is 0 Å². The molecule has 0 radical (unpaired) electrons. The molecule has 0 amide bonds. The number of rotatable bonds is 4. The maximum Gasteiger partial charge on any atom is 0.189 e. The summed E-state index contributed by atoms with van der Waals surface area (Å²) in [6.07, 6.45) is -1.06. The maximum absolute atomic E-state index is 13.0. The van der Waals surface area contributed by atoms with E-state index in [0.29, 0.717) is 5.82 Å². The van der Waals surface area contributed by atoms with E-state index in [1.54, 1.807) is 0 Å². The van der Waals surface area contributed by atoms with Gasteiger partial charge in [-0.25, -0.2) is 8.78 Å². The van der Waals surface area contributed by atoms with Crippen molar-refractivity contribution in [3.05, 3.63) is 41.2 Å². The average molecular weight is 275 g/mol. The molecule has 1 N–H and O–H groups in total. The van der Waals surface area contributed by atoms with Crippen molar-refractivity contribution in [2.75, 3.05) is 0 Å². The van der Waals surface area contributed by atoms with Crippen LogP contribution in [0.3, 0.4) is 0 Å². The van der Waals surface area contributed by atoms with Gasteiger partial charge in [0.15, 0.2) is 17.5 Å². The Morgan fingerprint density at radius 1 is 1.33 bits per heavy atom. The number of nitrogens with zero attached hydrogens (tertiary/aromatic N) is 4. The van der Waals surface area contributed by atoms with Crippen molar-refractivity contribution in [1.29, 1.82) is 0 Å². The summed E-state index contributed by atoms with van der Waals surface area (Å²) in [5, 5.41) is 21.0. The van der Waals surface area contributed by atoms with Gasteiger partial charge in [0.05, 0.1) is 12.4 Å². The fourth-order valence-corrected chi connectivity index (χ4v) is 1.49. The average Bonchev–Trinajstić information content (AvgIpc) is 2.80. The van der Waals surface area contributed by atoms with E-state index in [0.717, 1.165) is 16.9 Å². The van der Waals surface area contributed by atoms with Gasteiger partial charge in [-0.1, -0.05) is 6.07 Å². The molecule has 96 valence electrons. The summed E-state index contributed by atoms with van der Waals surface area (Å²) in [5.74, 6) is -1.54. The topological polar surface area (TPSA) is 63.8 Å². The van der Waals surface area contributed by atoms with E-state index >= 15 is 0 Å². The van der Waals surface area contributed by atoms with E-state index in [1.165, 1.54) is 6.07 Å². The molecule has 8 heteroatoms. The Hall–Kier alpha value is -1.60. The standard InChI is InChI=1S/C10H9ClF2N4O/c11-4-10-14-16-17(15-10)5-9(18)6-1-2-7(12)8(13)3-6/h1-3,9,18H,4-5H2/t9-/m0/s1. The number of hydrogen-bond donors (Lipinski definition) is 1. The number of benzene rings is 1. The number of aromatic nitrogens is 4. The van der Waals surface area contributed by atoms with Gasteiger partial charge in [0.25, 0.3) is 0 Å². The second-order valence-electron chi connectivity index (χ2n) is 3.58. The number of aliphatic hydroxyl groups is 1. The molecule has 1 aromatic heterocycles. The Balaban J connectivity index is 2.11. The molecule has 0 saturated heterocycles. The van der Waals surface area contributed by atoms with Gasteiger partial charge in [-0.05, 0) is 22.9 Å². The van der Waals surface area contributed by atoms with E-state index in [9.17, 15) is 13.9 Å². The first-order valence-electron chi connectivity index (χ1n) is 5.06. The Labute approximate surface area is 106 Å². The fourth-order valence-electron chi connectivity index (χ4n) is 1.39. The van der Waals surface area contributed by atoms with Crippen molar-refractivity contribution in [1.82, 2.24) is 20.2 Å². The van der Waals surface area contributed by atoms with E-state index < -0.39 is 17.7 Å². The summed E-state index contributed by atoms with van der Waals surface area (Å²) < 4.78 is 25.7. The summed E-state index contributed by atoms with van der Waals surface area (Å²) in [5.41, 5.74) is 0.235. The summed E-state index contributed by atoms with van der Waals surface area (Å²) in [7, 11) is 0. The first-order chi connectivity index (χ1) is 8.60. The molecule has 0 aliphatic carbocycles. The number of alkyl halides is 1. The third-order valence-electron chi connectivity index (χ3n) is 2.28. The summed E-state index contributed by atoms with van der Waals surface area (Å²) in [6.45, 7) is -0.0189. The van der Waals surface area contributed by atoms with Gasteiger partial charge in [0.1, 0.15) is 6.10 Å². The normalized spacial score (nSPS) is 12.7. The van der Waals surface area contributed by atoms with E-state index in [-0.39, 0.29) is 18.0 Å². The highest BCUT2D eigenvalue weighted by Crippen LogP contribution is 2.17. The predicted octanol–water partition coefficient (Wildman–Crippen LogP) is 1.42. The summed E-state index contributed by atoms with van der Waals surface area (Å²) in [6, 6.07) is 3.18. The molecule has 2 rings (SSSR count). The molecular formula is C10H9ClF2N4O. The highest BCUT2D eigenvalue weighted by Gasteiger charge is 2.13. The van der Waals surface area contributed by atoms with Crippen molar-refractivity contribution in [3.63, 3.8) is 0 Å². The van der Waals surface area contributed by atoms with Crippen LogP contribution in [-0.2, 0) is 12.4 Å². The van der Waals surface area contributed by atoms with Crippen LogP contribution in [0.5, 0.6) is 0 Å². The quantitative estimate of drug-likeness (QED) is 0.857. The highest BCUT2D eigenvalue weighted by atomic mass is 35.5.